The molecule has 0 aliphatic heterocycles. The molecule has 2 atom stereocenters. The topological polar surface area (TPSA) is 64.3 Å². The van der Waals surface area contributed by atoms with Gasteiger partial charge in [-0.2, -0.15) is 0 Å². The third-order valence-corrected chi connectivity index (χ3v) is 3.35. The van der Waals surface area contributed by atoms with Crippen LogP contribution in [-0.4, -0.2) is 31.2 Å². The fourth-order valence-corrected chi connectivity index (χ4v) is 2.56. The van der Waals surface area contributed by atoms with Crippen molar-refractivity contribution in [1.82, 2.24) is 5.32 Å². The molecule has 0 spiro atoms. The zero-order valence-electron chi connectivity index (χ0n) is 12.0. The summed E-state index contributed by atoms with van der Waals surface area (Å²) in [5, 5.41) is 3.21. The molecule has 1 fully saturated rings. The van der Waals surface area contributed by atoms with Crippen LogP contribution in [0.5, 0.6) is 0 Å². The van der Waals surface area contributed by atoms with Crippen molar-refractivity contribution < 1.29 is 9.53 Å². The highest BCUT2D eigenvalue weighted by Crippen LogP contribution is 2.27. The maximum Gasteiger partial charge on any atom is 0.320 e. The first-order chi connectivity index (χ1) is 8.40. The van der Waals surface area contributed by atoms with E-state index in [1.807, 2.05) is 20.8 Å². The van der Waals surface area contributed by atoms with Gasteiger partial charge in [0.1, 0.15) is 5.60 Å². The second-order valence-corrected chi connectivity index (χ2v) is 6.35. The average molecular weight is 256 g/mol. The van der Waals surface area contributed by atoms with Crippen molar-refractivity contribution in [1.29, 1.82) is 0 Å². The number of esters is 1. The normalized spacial score (nSPS) is 24.9. The Bertz CT molecular complexity index is 261. The van der Waals surface area contributed by atoms with Gasteiger partial charge in [-0.05, 0) is 65.0 Å². The molecule has 0 bridgehead atoms. The first-order valence-corrected chi connectivity index (χ1v) is 7.03. The number of hydrogen-bond acceptors (Lipinski definition) is 4. The highest BCUT2D eigenvalue weighted by molar-refractivity contribution is 5.72. The van der Waals surface area contributed by atoms with Crippen molar-refractivity contribution in [3.63, 3.8) is 0 Å². The second kappa shape index (κ2) is 7.10. The fraction of sp³-hybridized carbons (Fsp3) is 0.929. The van der Waals surface area contributed by atoms with Gasteiger partial charge in [0.2, 0.25) is 0 Å². The summed E-state index contributed by atoms with van der Waals surface area (Å²) in [6, 6.07) is 0. The molecule has 0 radical (unpaired) electrons. The van der Waals surface area contributed by atoms with E-state index in [9.17, 15) is 4.79 Å². The van der Waals surface area contributed by atoms with Crippen molar-refractivity contribution >= 4 is 5.97 Å². The van der Waals surface area contributed by atoms with Crippen LogP contribution in [0, 0.1) is 11.8 Å². The van der Waals surface area contributed by atoms with Gasteiger partial charge in [-0.15, -0.1) is 0 Å². The molecular weight excluding hydrogens is 228 g/mol. The minimum atomic E-state index is -0.395. The van der Waals surface area contributed by atoms with Crippen LogP contribution >= 0.6 is 0 Å². The average Bonchev–Trinajstić information content (AvgIpc) is 2.27. The number of nitrogens with two attached hydrogens (primary N) is 1. The van der Waals surface area contributed by atoms with Crippen LogP contribution in [0.25, 0.3) is 0 Å². The van der Waals surface area contributed by atoms with Crippen molar-refractivity contribution in [3.05, 3.63) is 0 Å². The maximum absolute atomic E-state index is 11.5. The summed E-state index contributed by atoms with van der Waals surface area (Å²) < 4.78 is 5.25. The maximum atomic E-state index is 11.5. The Labute approximate surface area is 111 Å². The van der Waals surface area contributed by atoms with Crippen LogP contribution in [0.1, 0.15) is 46.5 Å². The zero-order valence-corrected chi connectivity index (χ0v) is 12.0. The summed E-state index contributed by atoms with van der Waals surface area (Å²) in [7, 11) is 0. The quantitative estimate of drug-likeness (QED) is 0.735. The molecule has 4 heteroatoms. The molecule has 1 saturated carbocycles. The summed E-state index contributed by atoms with van der Waals surface area (Å²) in [5.41, 5.74) is 5.32. The van der Waals surface area contributed by atoms with E-state index in [2.05, 4.69) is 5.32 Å². The molecule has 0 heterocycles. The number of rotatable bonds is 5. The van der Waals surface area contributed by atoms with E-state index in [-0.39, 0.29) is 5.97 Å². The van der Waals surface area contributed by atoms with E-state index in [1.165, 1.54) is 25.7 Å². The number of carbonyl (C=O) groups is 1. The van der Waals surface area contributed by atoms with Gasteiger partial charge in [-0.1, -0.05) is 6.42 Å². The molecule has 18 heavy (non-hydrogen) atoms. The van der Waals surface area contributed by atoms with Gasteiger partial charge in [0.05, 0.1) is 6.54 Å². The smallest absolute Gasteiger partial charge is 0.320 e. The fourth-order valence-electron chi connectivity index (χ4n) is 2.56. The van der Waals surface area contributed by atoms with E-state index < -0.39 is 5.60 Å². The Morgan fingerprint density at radius 1 is 1.33 bits per heavy atom. The highest BCUT2D eigenvalue weighted by atomic mass is 16.6. The molecule has 0 amide bonds. The molecule has 106 valence electrons. The lowest BCUT2D eigenvalue weighted by molar-refractivity contribution is -0.153. The Morgan fingerprint density at radius 3 is 2.61 bits per heavy atom. The van der Waals surface area contributed by atoms with Crippen molar-refractivity contribution in [2.45, 2.75) is 52.1 Å². The van der Waals surface area contributed by atoms with E-state index in [1.54, 1.807) is 0 Å². The number of nitrogens with one attached hydrogen (secondary N) is 1. The minimum absolute atomic E-state index is 0.173. The molecule has 0 saturated heterocycles. The number of ether oxygens (including phenoxy) is 1. The van der Waals surface area contributed by atoms with Crippen molar-refractivity contribution in [3.8, 4) is 0 Å². The largest absolute Gasteiger partial charge is 0.459 e. The molecule has 1 rings (SSSR count). The summed E-state index contributed by atoms with van der Waals surface area (Å²) in [6.45, 7) is 7.66. The number of carbonyl (C=O) groups excluding carboxylic acids is 1. The Kier molecular flexibility index (Phi) is 6.09. The Balaban J connectivity index is 2.15. The zero-order chi connectivity index (χ0) is 13.6. The monoisotopic (exact) mass is 256 g/mol. The first kappa shape index (κ1) is 15.4. The molecule has 3 N–H and O–H groups in total. The lowest BCUT2D eigenvalue weighted by Gasteiger charge is -2.28. The second-order valence-electron chi connectivity index (χ2n) is 6.35. The lowest BCUT2D eigenvalue weighted by Crippen LogP contribution is -2.35. The van der Waals surface area contributed by atoms with E-state index >= 15 is 0 Å². The predicted octanol–water partition coefficient (Wildman–Crippen LogP) is 1.68. The SMILES string of the molecule is CC(C)(C)OC(=O)CNC[C@@H]1CCC[C@H](CN)C1. The van der Waals surface area contributed by atoms with Gasteiger partial charge < -0.3 is 15.8 Å². The Hall–Kier alpha value is -0.610. The first-order valence-electron chi connectivity index (χ1n) is 7.03. The third kappa shape index (κ3) is 6.36. The summed E-state index contributed by atoms with van der Waals surface area (Å²) in [5.74, 6) is 1.16. The van der Waals surface area contributed by atoms with Crippen LogP contribution in [0.15, 0.2) is 0 Å². The molecule has 4 nitrogen and oxygen atoms in total. The summed E-state index contributed by atoms with van der Waals surface area (Å²) >= 11 is 0. The van der Waals surface area contributed by atoms with Gasteiger partial charge in [0, 0.05) is 0 Å². The molecule has 1 aliphatic carbocycles. The standard InChI is InChI=1S/C14H28N2O2/c1-14(2,3)18-13(17)10-16-9-12-6-4-5-11(7-12)8-15/h11-12,16H,4-10,15H2,1-3H3/t11-,12+/m0/s1. The lowest BCUT2D eigenvalue weighted by atomic mass is 9.81. The summed E-state index contributed by atoms with van der Waals surface area (Å²) in [6.07, 6.45) is 4.97. The van der Waals surface area contributed by atoms with Crippen LogP contribution in [-0.2, 0) is 9.53 Å². The van der Waals surface area contributed by atoms with Crippen molar-refractivity contribution in [2.75, 3.05) is 19.6 Å². The summed E-state index contributed by atoms with van der Waals surface area (Å²) in [4.78, 5) is 11.5. The van der Waals surface area contributed by atoms with Crippen LogP contribution in [0.3, 0.4) is 0 Å². The van der Waals surface area contributed by atoms with Crippen LogP contribution in [0.2, 0.25) is 0 Å². The van der Waals surface area contributed by atoms with E-state index in [0.29, 0.717) is 18.4 Å². The molecule has 0 unspecified atom stereocenters. The van der Waals surface area contributed by atoms with Gasteiger partial charge in [0.25, 0.3) is 0 Å². The predicted molar refractivity (Wildman–Crippen MR) is 73.2 cm³/mol. The van der Waals surface area contributed by atoms with Gasteiger partial charge in [0.15, 0.2) is 0 Å². The molecule has 0 aromatic rings. The third-order valence-electron chi connectivity index (χ3n) is 3.35. The van der Waals surface area contributed by atoms with Gasteiger partial charge >= 0.3 is 5.97 Å². The minimum Gasteiger partial charge on any atom is -0.459 e. The molecule has 0 aromatic heterocycles. The van der Waals surface area contributed by atoms with Crippen LogP contribution < -0.4 is 11.1 Å². The van der Waals surface area contributed by atoms with E-state index in [4.69, 9.17) is 10.5 Å². The van der Waals surface area contributed by atoms with Gasteiger partial charge in [-0.3, -0.25) is 4.79 Å². The van der Waals surface area contributed by atoms with E-state index in [0.717, 1.165) is 13.1 Å². The van der Waals surface area contributed by atoms with Crippen LogP contribution in [0.4, 0.5) is 0 Å². The van der Waals surface area contributed by atoms with Gasteiger partial charge in [-0.25, -0.2) is 0 Å². The van der Waals surface area contributed by atoms with Crippen molar-refractivity contribution in [2.24, 2.45) is 17.6 Å². The highest BCUT2D eigenvalue weighted by Gasteiger charge is 2.21. The number of hydrogen-bond donors (Lipinski definition) is 2. The molecule has 0 aromatic carbocycles. The molecule has 1 aliphatic rings. The molecular formula is C14H28N2O2. The Morgan fingerprint density at radius 2 is 2.00 bits per heavy atom.